The van der Waals surface area contributed by atoms with E-state index in [1.54, 1.807) is 12.1 Å². The van der Waals surface area contributed by atoms with Crippen LogP contribution >= 0.6 is 11.8 Å². The van der Waals surface area contributed by atoms with Gasteiger partial charge in [0.25, 0.3) is 5.91 Å². The quantitative estimate of drug-likeness (QED) is 0.504. The van der Waals surface area contributed by atoms with Gasteiger partial charge in [-0.1, -0.05) is 36.4 Å². The smallest absolute Gasteiger partial charge is 0.265 e. The summed E-state index contributed by atoms with van der Waals surface area (Å²) in [6.07, 6.45) is 0. The third-order valence-corrected chi connectivity index (χ3v) is 4.19. The molecule has 0 aliphatic rings. The topological polar surface area (TPSA) is 55.1 Å². The van der Waals surface area contributed by atoms with Crippen molar-refractivity contribution in [3.63, 3.8) is 0 Å². The van der Waals surface area contributed by atoms with Crippen molar-refractivity contribution in [3.8, 4) is 0 Å². The molecular weight excluding hydrogens is 268 g/mol. The number of carbonyl (C=O) groups is 1. The number of hydrogen-bond donors (Lipinski definition) is 2. The highest BCUT2D eigenvalue weighted by molar-refractivity contribution is 7.97. The van der Waals surface area contributed by atoms with Gasteiger partial charge >= 0.3 is 0 Å². The van der Waals surface area contributed by atoms with Crippen LogP contribution in [0.3, 0.4) is 0 Å². The van der Waals surface area contributed by atoms with Gasteiger partial charge in [-0.25, -0.2) is 5.84 Å². The number of nitrogen functional groups attached to an aromatic ring is 1. The van der Waals surface area contributed by atoms with Crippen molar-refractivity contribution in [3.05, 3.63) is 70.8 Å². The Morgan fingerprint density at radius 1 is 1.10 bits per heavy atom. The summed E-state index contributed by atoms with van der Waals surface area (Å²) in [4.78, 5) is 11.3. The first-order valence-corrected chi connectivity index (χ1v) is 7.58. The van der Waals surface area contributed by atoms with Crippen LogP contribution in [0.15, 0.2) is 48.5 Å². The van der Waals surface area contributed by atoms with Crippen molar-refractivity contribution < 1.29 is 4.79 Å². The van der Waals surface area contributed by atoms with Crippen molar-refractivity contribution in [2.45, 2.75) is 18.4 Å². The summed E-state index contributed by atoms with van der Waals surface area (Å²) in [5.41, 5.74) is 6.62. The molecule has 0 radical (unpaired) electrons. The Hall–Kier alpha value is -1.78. The minimum atomic E-state index is -0.260. The fourth-order valence-electron chi connectivity index (χ4n) is 1.89. The zero-order chi connectivity index (χ0) is 14.4. The summed E-state index contributed by atoms with van der Waals surface area (Å²) in [6, 6.07) is 16.0. The van der Waals surface area contributed by atoms with Gasteiger partial charge in [0.1, 0.15) is 0 Å². The van der Waals surface area contributed by atoms with E-state index in [4.69, 9.17) is 5.84 Å². The summed E-state index contributed by atoms with van der Waals surface area (Å²) in [5, 5.41) is 0. The van der Waals surface area contributed by atoms with Crippen LogP contribution in [-0.2, 0) is 11.5 Å². The van der Waals surface area contributed by atoms with E-state index in [1.807, 2.05) is 23.9 Å². The Kier molecular flexibility index (Phi) is 5.21. The van der Waals surface area contributed by atoms with E-state index in [9.17, 15) is 4.79 Å². The molecule has 104 valence electrons. The van der Waals surface area contributed by atoms with Gasteiger partial charge in [0, 0.05) is 17.1 Å². The average Bonchev–Trinajstić information content (AvgIpc) is 2.49. The van der Waals surface area contributed by atoms with Crippen LogP contribution < -0.4 is 11.3 Å². The number of benzene rings is 2. The zero-order valence-corrected chi connectivity index (χ0v) is 12.2. The molecule has 0 unspecified atom stereocenters. The number of nitrogens with one attached hydrogen (secondary N) is 1. The van der Waals surface area contributed by atoms with E-state index in [1.165, 1.54) is 16.7 Å². The number of hydrogen-bond acceptors (Lipinski definition) is 3. The summed E-state index contributed by atoms with van der Waals surface area (Å²) in [5.74, 6) is 6.76. The fourth-order valence-corrected chi connectivity index (χ4v) is 2.96. The maximum Gasteiger partial charge on any atom is 0.265 e. The second-order valence-corrected chi connectivity index (χ2v) is 5.58. The molecule has 0 atom stereocenters. The largest absolute Gasteiger partial charge is 0.290 e. The first-order chi connectivity index (χ1) is 9.70. The van der Waals surface area contributed by atoms with Gasteiger partial charge in [-0.2, -0.15) is 11.8 Å². The van der Waals surface area contributed by atoms with Crippen molar-refractivity contribution >= 4 is 17.7 Å². The molecule has 3 N–H and O–H groups in total. The van der Waals surface area contributed by atoms with Gasteiger partial charge in [0.05, 0.1) is 0 Å². The highest BCUT2D eigenvalue weighted by Gasteiger charge is 2.03. The fraction of sp³-hybridized carbons (Fsp3) is 0.188. The van der Waals surface area contributed by atoms with Crippen LogP contribution in [0.4, 0.5) is 0 Å². The van der Waals surface area contributed by atoms with Crippen LogP contribution in [0.25, 0.3) is 0 Å². The molecule has 4 heteroatoms. The standard InChI is InChI=1S/C16H18N2OS/c1-12-4-2-3-5-15(12)11-20-10-13-6-8-14(9-7-13)16(19)18-17/h2-9H,10-11,17H2,1H3,(H,18,19). The highest BCUT2D eigenvalue weighted by Crippen LogP contribution is 2.20. The van der Waals surface area contributed by atoms with E-state index < -0.39 is 0 Å². The number of aryl methyl sites for hydroxylation is 1. The molecule has 0 aliphatic heterocycles. The second-order valence-electron chi connectivity index (χ2n) is 4.59. The predicted molar refractivity (Wildman–Crippen MR) is 84.3 cm³/mol. The van der Waals surface area contributed by atoms with Gasteiger partial charge < -0.3 is 0 Å². The third kappa shape index (κ3) is 3.85. The lowest BCUT2D eigenvalue weighted by Crippen LogP contribution is -2.29. The number of thioether (sulfide) groups is 1. The van der Waals surface area contributed by atoms with Crippen molar-refractivity contribution in [1.29, 1.82) is 0 Å². The Morgan fingerprint density at radius 3 is 2.45 bits per heavy atom. The van der Waals surface area contributed by atoms with E-state index in [0.29, 0.717) is 5.56 Å². The van der Waals surface area contributed by atoms with Gasteiger partial charge in [0.2, 0.25) is 0 Å². The number of rotatable bonds is 5. The monoisotopic (exact) mass is 286 g/mol. The van der Waals surface area contributed by atoms with Crippen molar-refractivity contribution in [2.24, 2.45) is 5.84 Å². The molecule has 0 spiro atoms. The number of nitrogens with two attached hydrogens (primary N) is 1. The average molecular weight is 286 g/mol. The van der Waals surface area contributed by atoms with Gasteiger partial charge in [-0.05, 0) is 35.7 Å². The zero-order valence-electron chi connectivity index (χ0n) is 11.4. The maximum absolute atomic E-state index is 11.3. The minimum absolute atomic E-state index is 0.260. The molecule has 2 aromatic rings. The normalized spacial score (nSPS) is 10.3. The lowest BCUT2D eigenvalue weighted by atomic mass is 10.1. The second kappa shape index (κ2) is 7.12. The molecule has 0 aliphatic carbocycles. The summed E-state index contributed by atoms with van der Waals surface area (Å²) >= 11 is 1.87. The number of hydrazine groups is 1. The summed E-state index contributed by atoms with van der Waals surface area (Å²) in [7, 11) is 0. The maximum atomic E-state index is 11.3. The van der Waals surface area contributed by atoms with E-state index in [0.717, 1.165) is 11.5 Å². The summed E-state index contributed by atoms with van der Waals surface area (Å²) in [6.45, 7) is 2.14. The molecule has 0 bridgehead atoms. The molecule has 0 aromatic heterocycles. The van der Waals surface area contributed by atoms with E-state index >= 15 is 0 Å². The van der Waals surface area contributed by atoms with Crippen LogP contribution in [0.5, 0.6) is 0 Å². The molecule has 0 saturated heterocycles. The van der Waals surface area contributed by atoms with Gasteiger partial charge in [0.15, 0.2) is 0 Å². The molecule has 2 rings (SSSR count). The highest BCUT2D eigenvalue weighted by atomic mass is 32.2. The van der Waals surface area contributed by atoms with Crippen molar-refractivity contribution in [1.82, 2.24) is 5.43 Å². The molecule has 1 amide bonds. The Bertz CT molecular complexity index is 581. The summed E-state index contributed by atoms with van der Waals surface area (Å²) < 4.78 is 0. The first-order valence-electron chi connectivity index (χ1n) is 6.43. The first kappa shape index (κ1) is 14.6. The van der Waals surface area contributed by atoms with Crippen LogP contribution in [0.1, 0.15) is 27.0 Å². The van der Waals surface area contributed by atoms with Gasteiger partial charge in [-0.3, -0.25) is 10.2 Å². The predicted octanol–water partition coefficient (Wildman–Crippen LogP) is 3.03. The number of carbonyl (C=O) groups excluding carboxylic acids is 1. The molecule has 0 heterocycles. The molecule has 20 heavy (non-hydrogen) atoms. The van der Waals surface area contributed by atoms with Crippen molar-refractivity contribution in [2.75, 3.05) is 0 Å². The minimum Gasteiger partial charge on any atom is -0.290 e. The Morgan fingerprint density at radius 2 is 1.80 bits per heavy atom. The van der Waals surface area contributed by atoms with E-state index in [-0.39, 0.29) is 5.91 Å². The van der Waals surface area contributed by atoms with Crippen LogP contribution in [-0.4, -0.2) is 5.91 Å². The lowest BCUT2D eigenvalue weighted by Gasteiger charge is -2.06. The number of amides is 1. The van der Waals surface area contributed by atoms with Crippen LogP contribution in [0.2, 0.25) is 0 Å². The molecule has 0 saturated carbocycles. The van der Waals surface area contributed by atoms with Gasteiger partial charge in [-0.15, -0.1) is 0 Å². The van der Waals surface area contributed by atoms with E-state index in [2.05, 4.69) is 36.6 Å². The van der Waals surface area contributed by atoms with Crippen LogP contribution in [0, 0.1) is 6.92 Å². The molecule has 0 fully saturated rings. The Balaban J connectivity index is 1.88. The lowest BCUT2D eigenvalue weighted by molar-refractivity contribution is 0.0953. The Labute approximate surface area is 123 Å². The molecule has 2 aromatic carbocycles. The molecule has 3 nitrogen and oxygen atoms in total. The molecular formula is C16H18N2OS. The SMILES string of the molecule is Cc1ccccc1CSCc1ccc(C(=O)NN)cc1. The third-order valence-electron chi connectivity index (χ3n) is 3.13.